The molecule has 78 valence electrons. The van der Waals surface area contributed by atoms with Gasteiger partial charge in [0.25, 0.3) is 0 Å². The Bertz CT molecular complexity index is 484. The Hall–Kier alpha value is -0.840. The monoisotopic (exact) mass is 259 g/mol. The molecule has 0 atom stereocenters. The number of nitrogens with one attached hydrogen (secondary N) is 1. The highest BCUT2D eigenvalue weighted by molar-refractivity contribution is 6.99. The lowest BCUT2D eigenvalue weighted by atomic mass is 10.2. The third-order valence-electron chi connectivity index (χ3n) is 1.82. The van der Waals surface area contributed by atoms with Gasteiger partial charge in [0.1, 0.15) is 0 Å². The summed E-state index contributed by atoms with van der Waals surface area (Å²) in [6.45, 7) is 1.99. The normalized spacial score (nSPS) is 10.3. The van der Waals surface area contributed by atoms with E-state index in [1.807, 2.05) is 25.1 Å². The number of anilines is 2. The largest absolute Gasteiger partial charge is 0.336 e. The molecule has 0 amide bonds. The quantitative estimate of drug-likeness (QED) is 0.889. The van der Waals surface area contributed by atoms with Gasteiger partial charge in [0.05, 0.1) is 22.4 Å². The van der Waals surface area contributed by atoms with Crippen LogP contribution in [0.25, 0.3) is 0 Å². The summed E-state index contributed by atoms with van der Waals surface area (Å²) in [5.41, 5.74) is 1.90. The molecule has 1 aromatic heterocycles. The highest BCUT2D eigenvalue weighted by Crippen LogP contribution is 2.28. The van der Waals surface area contributed by atoms with E-state index in [2.05, 4.69) is 14.1 Å². The second-order valence-corrected chi connectivity index (χ2v) is 4.31. The average Bonchev–Trinajstić information content (AvgIpc) is 2.58. The minimum Gasteiger partial charge on any atom is -0.336 e. The Morgan fingerprint density at radius 1 is 1.27 bits per heavy atom. The number of aromatic nitrogens is 2. The standard InChI is InChI=1S/C9H7Cl2N3S/c1-5-2-3-6(10)7(4-5)12-9-8(11)13-15-14-9/h2-4H,1H3,(H,12,14). The highest BCUT2D eigenvalue weighted by Gasteiger charge is 2.07. The lowest BCUT2D eigenvalue weighted by Gasteiger charge is -2.06. The third-order valence-corrected chi connectivity index (χ3v) is 3.05. The van der Waals surface area contributed by atoms with Crippen molar-refractivity contribution in [2.75, 3.05) is 5.32 Å². The Kier molecular flexibility index (Phi) is 3.09. The fraction of sp³-hybridized carbons (Fsp3) is 0.111. The number of hydrogen-bond acceptors (Lipinski definition) is 4. The van der Waals surface area contributed by atoms with Crippen molar-refractivity contribution in [3.63, 3.8) is 0 Å². The molecule has 0 saturated carbocycles. The maximum Gasteiger partial charge on any atom is 0.187 e. The molecule has 1 aromatic carbocycles. The molecule has 0 fully saturated rings. The van der Waals surface area contributed by atoms with Gasteiger partial charge in [0.15, 0.2) is 11.0 Å². The number of benzene rings is 1. The Morgan fingerprint density at radius 2 is 2.07 bits per heavy atom. The molecule has 0 aliphatic carbocycles. The van der Waals surface area contributed by atoms with Crippen molar-refractivity contribution >= 4 is 46.4 Å². The molecule has 3 nitrogen and oxygen atoms in total. The smallest absolute Gasteiger partial charge is 0.187 e. The van der Waals surface area contributed by atoms with Crippen LogP contribution < -0.4 is 5.32 Å². The lowest BCUT2D eigenvalue weighted by molar-refractivity contribution is 1.41. The number of hydrogen-bond donors (Lipinski definition) is 1. The molecule has 2 rings (SSSR count). The zero-order chi connectivity index (χ0) is 10.8. The second kappa shape index (κ2) is 4.35. The summed E-state index contributed by atoms with van der Waals surface area (Å²) in [5, 5.41) is 4.02. The molecule has 0 spiro atoms. The van der Waals surface area contributed by atoms with Gasteiger partial charge in [-0.25, -0.2) is 0 Å². The van der Waals surface area contributed by atoms with Crippen molar-refractivity contribution in [2.45, 2.75) is 6.92 Å². The van der Waals surface area contributed by atoms with Crippen LogP contribution in [0.1, 0.15) is 5.56 Å². The summed E-state index contributed by atoms with van der Waals surface area (Å²) in [5.74, 6) is 0.536. The first kappa shape index (κ1) is 10.7. The van der Waals surface area contributed by atoms with Gasteiger partial charge in [-0.15, -0.1) is 0 Å². The molecule has 15 heavy (non-hydrogen) atoms. The zero-order valence-electron chi connectivity index (χ0n) is 7.79. The van der Waals surface area contributed by atoms with Crippen molar-refractivity contribution < 1.29 is 0 Å². The highest BCUT2D eigenvalue weighted by atomic mass is 35.5. The molecule has 1 heterocycles. The van der Waals surface area contributed by atoms with Crippen LogP contribution in [0.2, 0.25) is 10.2 Å². The first-order valence-corrected chi connectivity index (χ1v) is 5.66. The van der Waals surface area contributed by atoms with Gasteiger partial charge in [-0.05, 0) is 24.6 Å². The van der Waals surface area contributed by atoms with Crippen LogP contribution in [0.4, 0.5) is 11.5 Å². The summed E-state index contributed by atoms with van der Waals surface area (Å²) < 4.78 is 7.87. The van der Waals surface area contributed by atoms with Gasteiger partial charge in [-0.2, -0.15) is 8.75 Å². The van der Waals surface area contributed by atoms with E-state index in [9.17, 15) is 0 Å². The van der Waals surface area contributed by atoms with Crippen molar-refractivity contribution in [3.05, 3.63) is 33.9 Å². The van der Waals surface area contributed by atoms with Crippen molar-refractivity contribution in [3.8, 4) is 0 Å². The van der Waals surface area contributed by atoms with Crippen molar-refractivity contribution in [2.24, 2.45) is 0 Å². The second-order valence-electron chi connectivity index (χ2n) is 3.01. The molecule has 0 unspecified atom stereocenters. The van der Waals surface area contributed by atoms with Crippen LogP contribution in [-0.4, -0.2) is 8.75 Å². The number of nitrogens with zero attached hydrogens (tertiary/aromatic N) is 2. The van der Waals surface area contributed by atoms with Crippen molar-refractivity contribution in [1.29, 1.82) is 0 Å². The topological polar surface area (TPSA) is 37.8 Å². The number of rotatable bonds is 2. The van der Waals surface area contributed by atoms with Gasteiger partial charge in [-0.1, -0.05) is 29.3 Å². The van der Waals surface area contributed by atoms with Gasteiger partial charge in [-0.3, -0.25) is 0 Å². The van der Waals surface area contributed by atoms with E-state index in [1.165, 1.54) is 0 Å². The SMILES string of the molecule is Cc1ccc(Cl)c(Nc2nsnc2Cl)c1. The molecule has 0 aliphatic rings. The van der Waals surface area contributed by atoms with E-state index >= 15 is 0 Å². The van der Waals surface area contributed by atoms with Crippen LogP contribution in [0.3, 0.4) is 0 Å². The maximum atomic E-state index is 6.02. The fourth-order valence-electron chi connectivity index (χ4n) is 1.11. The lowest BCUT2D eigenvalue weighted by Crippen LogP contribution is -1.92. The molecular formula is C9H7Cl2N3S. The molecule has 0 bridgehead atoms. The maximum absolute atomic E-state index is 6.02. The van der Waals surface area contributed by atoms with Gasteiger partial charge < -0.3 is 5.32 Å². The summed E-state index contributed by atoms with van der Waals surface area (Å²) >= 11 is 12.9. The van der Waals surface area contributed by atoms with Crippen LogP contribution in [0.15, 0.2) is 18.2 Å². The summed E-state index contributed by atoms with van der Waals surface area (Å²) in [4.78, 5) is 0. The predicted molar refractivity (Wildman–Crippen MR) is 64.4 cm³/mol. The van der Waals surface area contributed by atoms with E-state index < -0.39 is 0 Å². The molecular weight excluding hydrogens is 253 g/mol. The molecule has 1 N–H and O–H groups in total. The van der Waals surface area contributed by atoms with E-state index in [1.54, 1.807) is 0 Å². The van der Waals surface area contributed by atoms with E-state index in [0.29, 0.717) is 16.0 Å². The van der Waals surface area contributed by atoms with E-state index in [-0.39, 0.29) is 0 Å². The molecule has 0 radical (unpaired) electrons. The Labute approximate surface area is 101 Å². The molecule has 6 heteroatoms. The summed E-state index contributed by atoms with van der Waals surface area (Å²) in [7, 11) is 0. The molecule has 2 aromatic rings. The first-order valence-electron chi connectivity index (χ1n) is 4.18. The van der Waals surface area contributed by atoms with Crippen LogP contribution in [0, 0.1) is 6.92 Å². The van der Waals surface area contributed by atoms with Gasteiger partial charge in [0, 0.05) is 0 Å². The van der Waals surface area contributed by atoms with E-state index in [0.717, 1.165) is 23.0 Å². The summed E-state index contributed by atoms with van der Waals surface area (Å²) in [6.07, 6.45) is 0. The third kappa shape index (κ3) is 2.40. The predicted octanol–water partition coefficient (Wildman–Crippen LogP) is 3.90. The van der Waals surface area contributed by atoms with Crippen LogP contribution >= 0.6 is 34.9 Å². The number of halogens is 2. The summed E-state index contributed by atoms with van der Waals surface area (Å²) in [6, 6.07) is 5.69. The zero-order valence-corrected chi connectivity index (χ0v) is 10.1. The first-order chi connectivity index (χ1) is 7.16. The molecule has 0 aliphatic heterocycles. The minimum atomic E-state index is 0.359. The van der Waals surface area contributed by atoms with Gasteiger partial charge in [0.2, 0.25) is 0 Å². The molecule has 0 saturated heterocycles. The Balaban J connectivity index is 2.32. The van der Waals surface area contributed by atoms with Crippen molar-refractivity contribution in [1.82, 2.24) is 8.75 Å². The van der Waals surface area contributed by atoms with Crippen LogP contribution in [-0.2, 0) is 0 Å². The average molecular weight is 260 g/mol. The number of aryl methyl sites for hydroxylation is 1. The minimum absolute atomic E-state index is 0.359. The van der Waals surface area contributed by atoms with Crippen LogP contribution in [0.5, 0.6) is 0 Å². The van der Waals surface area contributed by atoms with Gasteiger partial charge >= 0.3 is 0 Å². The Morgan fingerprint density at radius 3 is 2.73 bits per heavy atom. The van der Waals surface area contributed by atoms with E-state index in [4.69, 9.17) is 23.2 Å². The fourth-order valence-corrected chi connectivity index (χ4v) is 1.92.